The van der Waals surface area contributed by atoms with E-state index in [1.807, 2.05) is 4.57 Å². The van der Waals surface area contributed by atoms with Crippen LogP contribution in [0.3, 0.4) is 0 Å². The smallest absolute Gasteiger partial charge is 0.119 e. The van der Waals surface area contributed by atoms with Crippen LogP contribution in [0.1, 0.15) is 35.9 Å². The summed E-state index contributed by atoms with van der Waals surface area (Å²) in [6.07, 6.45) is 4.56. The molecule has 24 heavy (non-hydrogen) atoms. The largest absolute Gasteiger partial charge is 0.381 e. The Balaban J connectivity index is 1.69. The molecule has 6 nitrogen and oxygen atoms in total. The molecule has 3 aromatic rings. The molecule has 0 aliphatic carbocycles. The van der Waals surface area contributed by atoms with Crippen molar-refractivity contribution in [3.63, 3.8) is 0 Å². The summed E-state index contributed by atoms with van der Waals surface area (Å²) in [5.41, 5.74) is 5.97. The summed E-state index contributed by atoms with van der Waals surface area (Å²) in [6, 6.07) is 8.45. The van der Waals surface area contributed by atoms with E-state index in [1.54, 1.807) is 12.7 Å². The number of benzene rings is 1. The summed E-state index contributed by atoms with van der Waals surface area (Å²) in [5.74, 6) is 0. The summed E-state index contributed by atoms with van der Waals surface area (Å²) in [6.45, 7) is 8.94. The summed E-state index contributed by atoms with van der Waals surface area (Å²) in [4.78, 5) is 0. The van der Waals surface area contributed by atoms with Gasteiger partial charge in [-0.1, -0.05) is 19.1 Å². The average Bonchev–Trinajstić information content (AvgIpc) is 3.16. The van der Waals surface area contributed by atoms with Crippen molar-refractivity contribution in [3.05, 3.63) is 59.4 Å². The van der Waals surface area contributed by atoms with Gasteiger partial charge in [0.2, 0.25) is 0 Å². The van der Waals surface area contributed by atoms with Crippen LogP contribution in [0.2, 0.25) is 0 Å². The quantitative estimate of drug-likeness (QED) is 0.725. The van der Waals surface area contributed by atoms with Crippen molar-refractivity contribution in [1.29, 1.82) is 0 Å². The number of rotatable bonds is 7. The number of aryl methyl sites for hydroxylation is 2. The highest BCUT2D eigenvalue weighted by Gasteiger charge is 2.10. The first-order valence-corrected chi connectivity index (χ1v) is 8.35. The molecule has 0 atom stereocenters. The molecule has 0 saturated heterocycles. The van der Waals surface area contributed by atoms with Crippen LogP contribution in [0.25, 0.3) is 0 Å². The second-order valence-electron chi connectivity index (χ2n) is 6.06. The van der Waals surface area contributed by atoms with Crippen LogP contribution in [0, 0.1) is 13.8 Å². The second kappa shape index (κ2) is 7.29. The van der Waals surface area contributed by atoms with Gasteiger partial charge in [0, 0.05) is 30.0 Å². The molecular weight excluding hydrogens is 300 g/mol. The van der Waals surface area contributed by atoms with E-state index >= 15 is 0 Å². The van der Waals surface area contributed by atoms with Gasteiger partial charge in [0.15, 0.2) is 0 Å². The highest BCUT2D eigenvalue weighted by molar-refractivity contribution is 5.47. The number of hydrogen-bond donors (Lipinski definition) is 1. The number of anilines is 1. The molecule has 0 bridgehead atoms. The van der Waals surface area contributed by atoms with Crippen LogP contribution >= 0.6 is 0 Å². The van der Waals surface area contributed by atoms with Crippen molar-refractivity contribution in [2.75, 3.05) is 5.32 Å². The van der Waals surface area contributed by atoms with Crippen LogP contribution < -0.4 is 5.32 Å². The topological polar surface area (TPSA) is 60.6 Å². The molecule has 0 spiro atoms. The predicted molar refractivity (Wildman–Crippen MR) is 94.9 cm³/mol. The lowest BCUT2D eigenvalue weighted by Gasteiger charge is -2.10. The van der Waals surface area contributed by atoms with E-state index in [0.717, 1.165) is 37.4 Å². The second-order valence-corrected chi connectivity index (χ2v) is 6.06. The maximum Gasteiger partial charge on any atom is 0.119 e. The maximum absolute atomic E-state index is 4.64. The van der Waals surface area contributed by atoms with E-state index in [-0.39, 0.29) is 0 Å². The van der Waals surface area contributed by atoms with Crippen molar-refractivity contribution in [2.45, 2.75) is 46.8 Å². The van der Waals surface area contributed by atoms with Gasteiger partial charge in [0.1, 0.15) is 12.7 Å². The fourth-order valence-corrected chi connectivity index (χ4v) is 2.90. The molecule has 0 fully saturated rings. The van der Waals surface area contributed by atoms with Crippen molar-refractivity contribution >= 4 is 5.69 Å². The van der Waals surface area contributed by atoms with Gasteiger partial charge in [-0.05, 0) is 38.0 Å². The van der Waals surface area contributed by atoms with E-state index in [9.17, 15) is 0 Å². The Kier molecular flexibility index (Phi) is 4.93. The molecule has 0 amide bonds. The highest BCUT2D eigenvalue weighted by Crippen LogP contribution is 2.17. The van der Waals surface area contributed by atoms with Crippen molar-refractivity contribution in [2.24, 2.45) is 0 Å². The Bertz CT molecular complexity index is 788. The first-order valence-electron chi connectivity index (χ1n) is 8.35. The van der Waals surface area contributed by atoms with Crippen LogP contribution in [-0.4, -0.2) is 24.5 Å². The molecule has 0 aliphatic rings. The Morgan fingerprint density at radius 2 is 1.92 bits per heavy atom. The fraction of sp³-hybridized carbons (Fsp3) is 0.389. The maximum atomic E-state index is 4.64. The van der Waals surface area contributed by atoms with E-state index in [1.165, 1.54) is 16.8 Å². The van der Waals surface area contributed by atoms with Gasteiger partial charge >= 0.3 is 0 Å². The zero-order chi connectivity index (χ0) is 16.9. The average molecular weight is 324 g/mol. The summed E-state index contributed by atoms with van der Waals surface area (Å²) >= 11 is 0. The minimum Gasteiger partial charge on any atom is -0.381 e. The first-order chi connectivity index (χ1) is 11.7. The first kappa shape index (κ1) is 16.2. The van der Waals surface area contributed by atoms with E-state index in [2.05, 4.69) is 70.3 Å². The lowest BCUT2D eigenvalue weighted by molar-refractivity contribution is 0.582. The molecule has 2 heterocycles. The van der Waals surface area contributed by atoms with Crippen LogP contribution in [0.15, 0.2) is 36.9 Å². The number of aromatic nitrogens is 5. The number of nitrogens with one attached hydrogen (secondary N) is 1. The summed E-state index contributed by atoms with van der Waals surface area (Å²) in [7, 11) is 0. The van der Waals surface area contributed by atoms with Crippen LogP contribution in [-0.2, 0) is 19.6 Å². The summed E-state index contributed by atoms with van der Waals surface area (Å²) in [5, 5.41) is 15.8. The molecule has 2 aromatic heterocycles. The Morgan fingerprint density at radius 3 is 2.67 bits per heavy atom. The van der Waals surface area contributed by atoms with E-state index in [4.69, 9.17) is 0 Å². The molecule has 126 valence electrons. The molecule has 0 saturated carbocycles. The third-order valence-corrected chi connectivity index (χ3v) is 4.19. The van der Waals surface area contributed by atoms with Crippen molar-refractivity contribution < 1.29 is 0 Å². The van der Waals surface area contributed by atoms with Gasteiger partial charge in [-0.15, -0.1) is 10.2 Å². The minimum atomic E-state index is 0.773. The Morgan fingerprint density at radius 1 is 1.12 bits per heavy atom. The zero-order valence-electron chi connectivity index (χ0n) is 14.5. The lowest BCUT2D eigenvalue weighted by Crippen LogP contribution is -2.05. The van der Waals surface area contributed by atoms with Crippen molar-refractivity contribution in [3.8, 4) is 0 Å². The third kappa shape index (κ3) is 3.64. The van der Waals surface area contributed by atoms with Gasteiger partial charge in [-0.3, -0.25) is 4.68 Å². The van der Waals surface area contributed by atoms with Gasteiger partial charge < -0.3 is 9.88 Å². The highest BCUT2D eigenvalue weighted by atomic mass is 15.3. The number of nitrogens with zero attached hydrogens (tertiary/aromatic N) is 5. The van der Waals surface area contributed by atoms with Crippen LogP contribution in [0.5, 0.6) is 0 Å². The van der Waals surface area contributed by atoms with Gasteiger partial charge in [0.05, 0.1) is 12.2 Å². The van der Waals surface area contributed by atoms with Gasteiger partial charge in [-0.2, -0.15) is 5.10 Å². The lowest BCUT2D eigenvalue weighted by atomic mass is 10.1. The molecule has 6 heteroatoms. The Labute approximate surface area is 142 Å². The third-order valence-electron chi connectivity index (χ3n) is 4.19. The normalized spacial score (nSPS) is 11.0. The Hall–Kier alpha value is -2.63. The molecule has 0 aliphatic heterocycles. The van der Waals surface area contributed by atoms with Gasteiger partial charge in [0.25, 0.3) is 0 Å². The van der Waals surface area contributed by atoms with E-state index < -0.39 is 0 Å². The standard InChI is InChI=1S/C18H24N6/c1-4-8-24-15(3)18(14(2)22-24)10-19-17-7-5-6-16(9-17)11-23-12-20-21-13-23/h5-7,9,12-13,19H,4,8,10-11H2,1-3H3. The minimum absolute atomic E-state index is 0.773. The van der Waals surface area contributed by atoms with E-state index in [0.29, 0.717) is 0 Å². The monoisotopic (exact) mass is 324 g/mol. The predicted octanol–water partition coefficient (Wildman–Crippen LogP) is 3.16. The van der Waals surface area contributed by atoms with Crippen molar-refractivity contribution in [1.82, 2.24) is 24.5 Å². The molecule has 1 N–H and O–H groups in total. The molecule has 0 unspecified atom stereocenters. The molecule has 0 radical (unpaired) electrons. The van der Waals surface area contributed by atoms with Gasteiger partial charge in [-0.25, -0.2) is 0 Å². The summed E-state index contributed by atoms with van der Waals surface area (Å²) < 4.78 is 4.07. The van der Waals surface area contributed by atoms with Crippen LogP contribution in [0.4, 0.5) is 5.69 Å². The number of hydrogen-bond acceptors (Lipinski definition) is 4. The zero-order valence-corrected chi connectivity index (χ0v) is 14.5. The fourth-order valence-electron chi connectivity index (χ4n) is 2.90. The SMILES string of the molecule is CCCn1nc(C)c(CNc2cccc(Cn3cnnc3)c2)c1C. The molecule has 1 aromatic carbocycles. The molecule has 3 rings (SSSR count). The molecular formula is C18H24N6.